The molecule has 1 atom stereocenters. The Morgan fingerprint density at radius 3 is 2.55 bits per heavy atom. The van der Waals surface area contributed by atoms with E-state index in [1.54, 1.807) is 0 Å². The number of hydrogen-bond acceptors (Lipinski definition) is 1. The third-order valence-corrected chi connectivity index (χ3v) is 5.04. The summed E-state index contributed by atoms with van der Waals surface area (Å²) < 4.78 is 0. The summed E-state index contributed by atoms with van der Waals surface area (Å²) in [6.07, 6.45) is 5.65. The van der Waals surface area contributed by atoms with E-state index in [0.29, 0.717) is 14.1 Å². The van der Waals surface area contributed by atoms with Crippen molar-refractivity contribution >= 4 is 30.8 Å². The van der Waals surface area contributed by atoms with E-state index in [2.05, 4.69) is 39.5 Å². The maximum absolute atomic E-state index is 12.7. The van der Waals surface area contributed by atoms with E-state index >= 15 is 0 Å². The van der Waals surface area contributed by atoms with Crippen molar-refractivity contribution in [2.45, 2.75) is 33.6 Å². The molecule has 0 amide bonds. The Morgan fingerprint density at radius 2 is 2.00 bits per heavy atom. The van der Waals surface area contributed by atoms with Gasteiger partial charge in [-0.3, -0.25) is 4.79 Å². The summed E-state index contributed by atoms with van der Waals surface area (Å²) in [4.78, 5) is 12.7. The van der Waals surface area contributed by atoms with Crippen LogP contribution in [0.15, 0.2) is 29.6 Å². The summed E-state index contributed by atoms with van der Waals surface area (Å²) >= 11 is 0. The van der Waals surface area contributed by atoms with Gasteiger partial charge in [-0.05, 0) is 43.0 Å². The summed E-state index contributed by atoms with van der Waals surface area (Å²) in [5.74, 6) is 0.436. The van der Waals surface area contributed by atoms with Gasteiger partial charge in [0.2, 0.25) is 0 Å². The molecular weight excluding hydrogens is 263 g/mol. The molecule has 2 rings (SSSR count). The van der Waals surface area contributed by atoms with E-state index in [-0.39, 0.29) is 5.43 Å². The van der Waals surface area contributed by atoms with Crippen molar-refractivity contribution in [3.63, 3.8) is 0 Å². The Kier molecular flexibility index (Phi) is 4.30. The molecule has 2 heteroatoms. The highest BCUT2D eigenvalue weighted by Crippen LogP contribution is 2.32. The highest BCUT2D eigenvalue weighted by Gasteiger charge is 2.11. The van der Waals surface area contributed by atoms with Crippen molar-refractivity contribution in [1.29, 1.82) is 0 Å². The van der Waals surface area contributed by atoms with E-state index in [0.717, 1.165) is 21.4 Å². The van der Waals surface area contributed by atoms with Gasteiger partial charge in [0.25, 0.3) is 0 Å². The molecular formula is C18H21OP. The molecule has 0 spiro atoms. The number of hydrogen-bond donors (Lipinski definition) is 0. The van der Waals surface area contributed by atoms with Crippen molar-refractivity contribution in [3.8, 4) is 0 Å². The summed E-state index contributed by atoms with van der Waals surface area (Å²) in [6.45, 7) is 12.3. The zero-order valence-electron chi connectivity index (χ0n) is 12.6. The molecule has 2 aromatic rings. The quantitative estimate of drug-likeness (QED) is 0.743. The molecule has 0 aliphatic heterocycles. The molecule has 0 aliphatic carbocycles. The molecule has 1 aromatic heterocycles. The van der Waals surface area contributed by atoms with Crippen LogP contribution in [0.25, 0.3) is 22.7 Å². The van der Waals surface area contributed by atoms with E-state index in [4.69, 9.17) is 0 Å². The van der Waals surface area contributed by atoms with E-state index in [1.165, 1.54) is 11.1 Å². The maximum Gasteiger partial charge on any atom is 0.194 e. The fourth-order valence-electron chi connectivity index (χ4n) is 2.61. The van der Waals surface area contributed by atoms with Crippen LogP contribution in [0.2, 0.25) is 0 Å². The van der Waals surface area contributed by atoms with Crippen LogP contribution >= 0.6 is 8.19 Å². The van der Waals surface area contributed by atoms with Crippen LogP contribution in [-0.2, 0) is 0 Å². The summed E-state index contributed by atoms with van der Waals surface area (Å²) in [6, 6.07) is 4.27. The average molecular weight is 284 g/mol. The Morgan fingerprint density at radius 1 is 1.30 bits per heavy atom. The van der Waals surface area contributed by atoms with Crippen molar-refractivity contribution in [1.82, 2.24) is 0 Å². The van der Waals surface area contributed by atoms with Gasteiger partial charge in [-0.1, -0.05) is 38.7 Å². The van der Waals surface area contributed by atoms with Crippen molar-refractivity contribution in [2.24, 2.45) is 0 Å². The lowest BCUT2D eigenvalue weighted by atomic mass is 9.96. The zero-order valence-corrected chi connectivity index (χ0v) is 13.6. The van der Waals surface area contributed by atoms with Gasteiger partial charge in [0, 0.05) is 21.4 Å². The Hall–Kier alpha value is -1.59. The molecule has 0 aliphatic rings. The van der Waals surface area contributed by atoms with Gasteiger partial charge in [-0.15, -0.1) is 8.19 Å². The molecule has 1 unspecified atom stereocenters. The van der Waals surface area contributed by atoms with Crippen LogP contribution in [0, 0.1) is 6.92 Å². The zero-order chi connectivity index (χ0) is 14.9. The largest absolute Gasteiger partial charge is 0.289 e. The number of benzene rings is 1. The molecule has 1 nitrogen and oxygen atoms in total. The predicted molar refractivity (Wildman–Crippen MR) is 93.3 cm³/mol. The minimum absolute atomic E-state index is 0.133. The SMILES string of the molecule is C=Cc1[pH]c2cc(C)c(C(C)C)cc2c(=O)c1/C=C\C. The molecule has 0 saturated carbocycles. The third kappa shape index (κ3) is 2.51. The van der Waals surface area contributed by atoms with Gasteiger partial charge < -0.3 is 0 Å². The summed E-state index contributed by atoms with van der Waals surface area (Å²) in [5, 5.41) is 3.08. The molecule has 20 heavy (non-hydrogen) atoms. The van der Waals surface area contributed by atoms with E-state index in [1.807, 2.05) is 25.2 Å². The number of aryl methyl sites for hydroxylation is 1. The number of rotatable bonds is 3. The van der Waals surface area contributed by atoms with Crippen LogP contribution in [0.3, 0.4) is 0 Å². The van der Waals surface area contributed by atoms with Crippen LogP contribution in [0.5, 0.6) is 0 Å². The molecule has 0 fully saturated rings. The standard InChI is InChI=1S/C18H21OP/c1-6-8-13-16(7-2)20-17-9-12(5)14(11(3)4)10-15(17)18(13)19/h6-11,20H,2H2,1,3-5H3/b8-6-. The topological polar surface area (TPSA) is 17.1 Å². The lowest BCUT2D eigenvalue weighted by Gasteiger charge is -2.12. The molecule has 0 radical (unpaired) electrons. The van der Waals surface area contributed by atoms with Gasteiger partial charge in [-0.2, -0.15) is 0 Å². The predicted octanol–water partition coefficient (Wildman–Crippen LogP) is 5.34. The highest BCUT2D eigenvalue weighted by atomic mass is 31.0. The minimum atomic E-state index is 0.133. The third-order valence-electron chi connectivity index (χ3n) is 3.61. The number of fused-ring (bicyclic) bond motifs is 1. The van der Waals surface area contributed by atoms with Crippen LogP contribution < -0.4 is 5.43 Å². The van der Waals surface area contributed by atoms with Gasteiger partial charge >= 0.3 is 0 Å². The Labute approximate surface area is 122 Å². The number of allylic oxidation sites excluding steroid dienone is 1. The van der Waals surface area contributed by atoms with E-state index < -0.39 is 0 Å². The van der Waals surface area contributed by atoms with Crippen LogP contribution in [0.1, 0.15) is 48.7 Å². The first-order chi connectivity index (χ1) is 9.49. The average Bonchev–Trinajstić information content (AvgIpc) is 2.40. The van der Waals surface area contributed by atoms with Crippen LogP contribution in [-0.4, -0.2) is 0 Å². The molecule has 1 aromatic carbocycles. The second-order valence-corrected chi connectivity index (χ2v) is 6.72. The normalized spacial score (nSPS) is 12.1. The Bertz CT molecular complexity index is 748. The van der Waals surface area contributed by atoms with Gasteiger partial charge in [0.05, 0.1) is 0 Å². The molecule has 1 heterocycles. The molecule has 104 valence electrons. The fraction of sp³-hybridized carbons (Fsp3) is 0.278. The Balaban J connectivity index is 2.91. The van der Waals surface area contributed by atoms with Gasteiger partial charge in [0.1, 0.15) is 0 Å². The smallest absolute Gasteiger partial charge is 0.194 e. The van der Waals surface area contributed by atoms with E-state index in [9.17, 15) is 4.79 Å². The first kappa shape index (κ1) is 14.8. The van der Waals surface area contributed by atoms with Crippen molar-refractivity contribution in [2.75, 3.05) is 0 Å². The van der Waals surface area contributed by atoms with Crippen molar-refractivity contribution in [3.05, 3.63) is 57.0 Å². The summed E-state index contributed by atoms with van der Waals surface area (Å²) in [5.41, 5.74) is 3.47. The molecule has 0 saturated heterocycles. The fourth-order valence-corrected chi connectivity index (χ4v) is 3.94. The maximum atomic E-state index is 12.7. The second-order valence-electron chi connectivity index (χ2n) is 5.39. The van der Waals surface area contributed by atoms with Crippen LogP contribution in [0.4, 0.5) is 0 Å². The lowest BCUT2D eigenvalue weighted by Crippen LogP contribution is -2.07. The second kappa shape index (κ2) is 5.81. The highest BCUT2D eigenvalue weighted by molar-refractivity contribution is 7.38. The minimum Gasteiger partial charge on any atom is -0.289 e. The summed E-state index contributed by atoms with van der Waals surface area (Å²) in [7, 11) is 0.516. The molecule has 0 N–H and O–H groups in total. The first-order valence-electron chi connectivity index (χ1n) is 6.95. The van der Waals surface area contributed by atoms with Gasteiger partial charge in [0.15, 0.2) is 5.43 Å². The van der Waals surface area contributed by atoms with Crippen molar-refractivity contribution < 1.29 is 0 Å². The van der Waals surface area contributed by atoms with Gasteiger partial charge in [-0.25, -0.2) is 0 Å². The monoisotopic (exact) mass is 284 g/mol. The first-order valence-corrected chi connectivity index (χ1v) is 7.95. The molecule has 0 bridgehead atoms. The lowest BCUT2D eigenvalue weighted by molar-refractivity contribution is 0.859.